The first-order valence-electron chi connectivity index (χ1n) is 4.93. The van der Waals surface area contributed by atoms with Crippen LogP contribution in [0.15, 0.2) is 0 Å². The maximum absolute atomic E-state index is 1.61. The fourth-order valence-electron chi connectivity index (χ4n) is 3.91. The van der Waals surface area contributed by atoms with Crippen LogP contribution in [-0.4, -0.2) is 0 Å². The minimum atomic E-state index is 1.17. The maximum atomic E-state index is 1.61. The summed E-state index contributed by atoms with van der Waals surface area (Å²) in [5, 5.41) is 0. The lowest BCUT2D eigenvalue weighted by Crippen LogP contribution is -2.32. The fourth-order valence-corrected chi connectivity index (χ4v) is 3.91. The van der Waals surface area contributed by atoms with Gasteiger partial charge in [0.15, 0.2) is 0 Å². The van der Waals surface area contributed by atoms with E-state index in [1.165, 1.54) is 23.7 Å². The van der Waals surface area contributed by atoms with Crippen LogP contribution in [0.4, 0.5) is 0 Å². The Morgan fingerprint density at radius 3 is 1.90 bits per heavy atom. The van der Waals surface area contributed by atoms with Crippen molar-refractivity contribution in [3.63, 3.8) is 0 Å². The quantitative estimate of drug-likeness (QED) is 0.480. The van der Waals surface area contributed by atoms with Gasteiger partial charge < -0.3 is 0 Å². The number of rotatable bonds is 0. The lowest BCUT2D eigenvalue weighted by molar-refractivity contribution is 0.0886. The molecule has 4 aliphatic carbocycles. The fraction of sp³-hybridized carbons (Fsp3) is 1.00. The SMILES string of the molecule is C1CC2C3CCC2CC1C3. The van der Waals surface area contributed by atoms with Crippen LogP contribution in [0.3, 0.4) is 0 Å². The molecule has 0 nitrogen and oxygen atoms in total. The third-order valence-electron chi connectivity index (χ3n) is 4.30. The van der Waals surface area contributed by atoms with Crippen LogP contribution >= 0.6 is 0 Å². The summed E-state index contributed by atoms with van der Waals surface area (Å²) in [5.41, 5.74) is 0. The van der Waals surface area contributed by atoms with Gasteiger partial charge in [-0.1, -0.05) is 6.42 Å². The summed E-state index contributed by atoms with van der Waals surface area (Å²) in [6.45, 7) is 0. The Morgan fingerprint density at radius 2 is 1.40 bits per heavy atom. The van der Waals surface area contributed by atoms with E-state index in [9.17, 15) is 0 Å². The van der Waals surface area contributed by atoms with Gasteiger partial charge in [-0.3, -0.25) is 0 Å². The van der Waals surface area contributed by atoms with E-state index in [0.717, 1.165) is 0 Å². The Labute approximate surface area is 63.0 Å². The lowest BCUT2D eigenvalue weighted by atomic mass is 9.64. The average Bonchev–Trinajstić information content (AvgIpc) is 2.29. The van der Waals surface area contributed by atoms with Gasteiger partial charge in [0.25, 0.3) is 0 Å². The molecule has 4 saturated carbocycles. The smallest absolute Gasteiger partial charge is 0.0357 e. The highest BCUT2D eigenvalue weighted by molar-refractivity contribution is 4.96. The minimum Gasteiger partial charge on any atom is -0.0501 e. The second kappa shape index (κ2) is 1.78. The molecule has 0 saturated heterocycles. The first-order valence-corrected chi connectivity index (χ1v) is 4.93. The highest BCUT2D eigenvalue weighted by Crippen LogP contribution is 2.56. The van der Waals surface area contributed by atoms with Crippen LogP contribution < -0.4 is 0 Å². The van der Waals surface area contributed by atoms with E-state index < -0.39 is 0 Å². The molecule has 4 fully saturated rings. The van der Waals surface area contributed by atoms with Crippen LogP contribution in [0.2, 0.25) is 0 Å². The Morgan fingerprint density at radius 1 is 0.700 bits per heavy atom. The van der Waals surface area contributed by atoms with E-state index in [0.29, 0.717) is 0 Å². The Bertz CT molecular complexity index is 136. The molecule has 4 bridgehead atoms. The molecular formula is C10H16. The summed E-state index contributed by atoms with van der Waals surface area (Å²) in [6, 6.07) is 0. The minimum absolute atomic E-state index is 1.17. The van der Waals surface area contributed by atoms with Crippen molar-refractivity contribution in [2.45, 2.75) is 38.5 Å². The van der Waals surface area contributed by atoms with Crippen LogP contribution in [-0.2, 0) is 0 Å². The molecule has 56 valence electrons. The van der Waals surface area contributed by atoms with Gasteiger partial charge in [-0.25, -0.2) is 0 Å². The molecule has 0 N–H and O–H groups in total. The van der Waals surface area contributed by atoms with Gasteiger partial charge in [-0.2, -0.15) is 0 Å². The second-order valence-electron chi connectivity index (χ2n) is 4.68. The molecule has 0 heterocycles. The van der Waals surface area contributed by atoms with E-state index in [4.69, 9.17) is 0 Å². The largest absolute Gasteiger partial charge is 0.0501 e. The number of fused-ring (bicyclic) bond motifs is 1. The summed E-state index contributed by atoms with van der Waals surface area (Å²) in [4.78, 5) is 0. The molecule has 0 radical (unpaired) electrons. The van der Waals surface area contributed by atoms with Gasteiger partial charge in [0.2, 0.25) is 0 Å². The molecule has 4 rings (SSSR count). The van der Waals surface area contributed by atoms with Gasteiger partial charge in [0.1, 0.15) is 0 Å². The van der Waals surface area contributed by atoms with Gasteiger partial charge in [0, 0.05) is 0 Å². The Hall–Kier alpha value is 0. The zero-order valence-corrected chi connectivity index (χ0v) is 6.55. The van der Waals surface area contributed by atoms with Crippen molar-refractivity contribution in [2.24, 2.45) is 23.7 Å². The first-order chi connectivity index (χ1) is 4.93. The Balaban J connectivity index is 1.94. The number of hydrogen-bond acceptors (Lipinski definition) is 0. The van der Waals surface area contributed by atoms with E-state index in [1.807, 2.05) is 0 Å². The molecule has 2 atom stereocenters. The summed E-state index contributed by atoms with van der Waals surface area (Å²) in [7, 11) is 0. The lowest BCUT2D eigenvalue weighted by Gasteiger charge is -2.41. The Kier molecular flexibility index (Phi) is 1.00. The molecule has 0 aromatic rings. The first kappa shape index (κ1) is 5.62. The van der Waals surface area contributed by atoms with Crippen LogP contribution in [0, 0.1) is 23.7 Å². The number of hydrogen-bond donors (Lipinski definition) is 0. The average molecular weight is 136 g/mol. The van der Waals surface area contributed by atoms with Crippen LogP contribution in [0.1, 0.15) is 38.5 Å². The van der Waals surface area contributed by atoms with Crippen molar-refractivity contribution in [3.8, 4) is 0 Å². The molecule has 0 spiro atoms. The molecule has 2 unspecified atom stereocenters. The van der Waals surface area contributed by atoms with Crippen molar-refractivity contribution in [2.75, 3.05) is 0 Å². The maximum Gasteiger partial charge on any atom is -0.0357 e. The zero-order valence-electron chi connectivity index (χ0n) is 6.55. The zero-order chi connectivity index (χ0) is 6.55. The second-order valence-corrected chi connectivity index (χ2v) is 4.68. The molecule has 0 aliphatic heterocycles. The third kappa shape index (κ3) is 0.580. The van der Waals surface area contributed by atoms with Gasteiger partial charge in [0.05, 0.1) is 0 Å². The summed E-state index contributed by atoms with van der Waals surface area (Å²) in [5.74, 6) is 4.75. The third-order valence-corrected chi connectivity index (χ3v) is 4.30. The molecule has 0 aromatic carbocycles. The van der Waals surface area contributed by atoms with E-state index in [2.05, 4.69) is 0 Å². The van der Waals surface area contributed by atoms with Gasteiger partial charge >= 0.3 is 0 Å². The monoisotopic (exact) mass is 136 g/mol. The molecule has 4 aliphatic rings. The molecule has 0 heteroatoms. The summed E-state index contributed by atoms with van der Waals surface area (Å²) in [6.07, 6.45) is 9.58. The predicted octanol–water partition coefficient (Wildman–Crippen LogP) is 2.83. The van der Waals surface area contributed by atoms with E-state index >= 15 is 0 Å². The van der Waals surface area contributed by atoms with Crippen LogP contribution in [0.5, 0.6) is 0 Å². The van der Waals surface area contributed by atoms with Gasteiger partial charge in [-0.05, 0) is 55.8 Å². The van der Waals surface area contributed by atoms with Crippen molar-refractivity contribution < 1.29 is 0 Å². The van der Waals surface area contributed by atoms with Crippen molar-refractivity contribution in [3.05, 3.63) is 0 Å². The van der Waals surface area contributed by atoms with Crippen molar-refractivity contribution in [1.82, 2.24) is 0 Å². The van der Waals surface area contributed by atoms with Crippen molar-refractivity contribution >= 4 is 0 Å². The standard InChI is InChI=1S/C10H16/c1-4-10-8-2-3-9(10)6-7(1)5-8/h7-10H,1-6H2. The van der Waals surface area contributed by atoms with Crippen molar-refractivity contribution in [1.29, 1.82) is 0 Å². The normalized spacial score (nSPS) is 57.6. The predicted molar refractivity (Wildman–Crippen MR) is 41.7 cm³/mol. The molecule has 10 heavy (non-hydrogen) atoms. The highest BCUT2D eigenvalue weighted by Gasteiger charge is 2.45. The summed E-state index contributed by atoms with van der Waals surface area (Å²) < 4.78 is 0. The highest BCUT2D eigenvalue weighted by atomic mass is 14.5. The topological polar surface area (TPSA) is 0 Å². The van der Waals surface area contributed by atoms with E-state index in [-0.39, 0.29) is 0 Å². The van der Waals surface area contributed by atoms with Gasteiger partial charge in [-0.15, -0.1) is 0 Å². The summed E-state index contributed by atoms with van der Waals surface area (Å²) >= 11 is 0. The molecule has 0 aromatic heterocycles. The molecule has 0 amide bonds. The van der Waals surface area contributed by atoms with E-state index in [1.54, 1.807) is 38.5 Å². The molecular weight excluding hydrogens is 120 g/mol. The van der Waals surface area contributed by atoms with Crippen LogP contribution in [0.25, 0.3) is 0 Å².